The normalized spacial score (nSPS) is 15.5. The van der Waals surface area contributed by atoms with Crippen molar-refractivity contribution in [2.24, 2.45) is 0 Å². The van der Waals surface area contributed by atoms with E-state index in [1.54, 1.807) is 11.3 Å². The number of benzene rings is 1. The van der Waals surface area contributed by atoms with E-state index >= 15 is 0 Å². The number of hydrogen-bond donors (Lipinski definition) is 2. The molecule has 0 aliphatic carbocycles. The first kappa shape index (κ1) is 12.8. The van der Waals surface area contributed by atoms with Gasteiger partial charge in [-0.15, -0.1) is 11.3 Å². The molecule has 2 aromatic rings. The smallest absolute Gasteiger partial charge is 0.110 e. The Hall–Kier alpha value is -1.23. The molecule has 0 radical (unpaired) electrons. The van der Waals surface area contributed by atoms with Crippen molar-refractivity contribution >= 4 is 11.3 Å². The van der Waals surface area contributed by atoms with E-state index in [4.69, 9.17) is 0 Å². The summed E-state index contributed by atoms with van der Waals surface area (Å²) < 4.78 is 0. The van der Waals surface area contributed by atoms with Crippen molar-refractivity contribution < 1.29 is 0 Å². The van der Waals surface area contributed by atoms with Gasteiger partial charge in [-0.25, -0.2) is 4.98 Å². The number of hydrogen-bond acceptors (Lipinski definition) is 4. The summed E-state index contributed by atoms with van der Waals surface area (Å²) in [7, 11) is 0. The lowest BCUT2D eigenvalue weighted by Gasteiger charge is -2.12. The van der Waals surface area contributed by atoms with Crippen molar-refractivity contribution in [3.05, 3.63) is 51.0 Å². The van der Waals surface area contributed by atoms with Crippen LogP contribution in [0.25, 0.3) is 0 Å². The van der Waals surface area contributed by atoms with Crippen LogP contribution in [0.1, 0.15) is 40.4 Å². The van der Waals surface area contributed by atoms with E-state index in [1.165, 1.54) is 21.7 Å². The second kappa shape index (κ2) is 5.41. The Kier molecular flexibility index (Phi) is 3.64. The maximum absolute atomic E-state index is 4.53. The SMILES string of the molecule is Cc1csc(C(C)NCc2ccc3c(c2)CNC3)n1. The number of aryl methyl sites for hydroxylation is 1. The highest BCUT2D eigenvalue weighted by molar-refractivity contribution is 7.09. The molecule has 100 valence electrons. The van der Waals surface area contributed by atoms with Crippen LogP contribution in [0.2, 0.25) is 0 Å². The Morgan fingerprint density at radius 3 is 3.00 bits per heavy atom. The van der Waals surface area contributed by atoms with Gasteiger partial charge in [-0.3, -0.25) is 0 Å². The molecule has 2 heterocycles. The summed E-state index contributed by atoms with van der Waals surface area (Å²) in [5, 5.41) is 10.2. The van der Waals surface area contributed by atoms with Crippen LogP contribution in [0.5, 0.6) is 0 Å². The van der Waals surface area contributed by atoms with Crippen molar-refractivity contribution in [2.75, 3.05) is 0 Å². The Labute approximate surface area is 118 Å². The Morgan fingerprint density at radius 1 is 1.37 bits per heavy atom. The molecule has 1 aliphatic rings. The number of aromatic nitrogens is 1. The largest absolute Gasteiger partial charge is 0.309 e. The van der Waals surface area contributed by atoms with Gasteiger partial charge in [-0.1, -0.05) is 18.2 Å². The third-order valence-electron chi connectivity index (χ3n) is 3.52. The molecule has 0 saturated heterocycles. The lowest BCUT2D eigenvalue weighted by atomic mass is 10.1. The minimum Gasteiger partial charge on any atom is -0.309 e. The minimum absolute atomic E-state index is 0.310. The van der Waals surface area contributed by atoms with Gasteiger partial charge < -0.3 is 10.6 Å². The van der Waals surface area contributed by atoms with Gasteiger partial charge in [-0.05, 0) is 30.5 Å². The third-order valence-corrected chi connectivity index (χ3v) is 4.67. The first-order valence-electron chi connectivity index (χ1n) is 6.69. The fourth-order valence-corrected chi connectivity index (χ4v) is 3.22. The van der Waals surface area contributed by atoms with Crippen LogP contribution in [-0.2, 0) is 19.6 Å². The molecule has 0 bridgehead atoms. The molecule has 3 rings (SSSR count). The van der Waals surface area contributed by atoms with E-state index in [0.717, 1.165) is 25.3 Å². The summed E-state index contributed by atoms with van der Waals surface area (Å²) >= 11 is 1.73. The lowest BCUT2D eigenvalue weighted by molar-refractivity contribution is 0.571. The van der Waals surface area contributed by atoms with Crippen LogP contribution in [-0.4, -0.2) is 4.98 Å². The van der Waals surface area contributed by atoms with Crippen LogP contribution in [0, 0.1) is 6.92 Å². The van der Waals surface area contributed by atoms with E-state index in [1.807, 2.05) is 6.92 Å². The van der Waals surface area contributed by atoms with Crippen LogP contribution in [0.3, 0.4) is 0 Å². The number of nitrogens with zero attached hydrogens (tertiary/aromatic N) is 1. The number of rotatable bonds is 4. The van der Waals surface area contributed by atoms with Crippen molar-refractivity contribution in [1.29, 1.82) is 0 Å². The molecule has 3 nitrogen and oxygen atoms in total. The van der Waals surface area contributed by atoms with E-state index in [2.05, 4.69) is 46.1 Å². The van der Waals surface area contributed by atoms with E-state index in [9.17, 15) is 0 Å². The Bertz CT molecular complexity index is 577. The van der Waals surface area contributed by atoms with Crippen LogP contribution in [0.15, 0.2) is 23.6 Å². The summed E-state index contributed by atoms with van der Waals surface area (Å²) in [5.74, 6) is 0. The molecule has 0 fully saturated rings. The van der Waals surface area contributed by atoms with Gasteiger partial charge >= 0.3 is 0 Å². The van der Waals surface area contributed by atoms with Crippen LogP contribution < -0.4 is 10.6 Å². The predicted octanol–water partition coefficient (Wildman–Crippen LogP) is 2.91. The van der Waals surface area contributed by atoms with Gasteiger partial charge in [0.1, 0.15) is 5.01 Å². The summed E-state index contributed by atoms with van der Waals surface area (Å²) in [4.78, 5) is 4.53. The molecule has 4 heteroatoms. The molecule has 1 atom stereocenters. The first-order chi connectivity index (χ1) is 9.22. The molecule has 0 spiro atoms. The van der Waals surface area contributed by atoms with Crippen molar-refractivity contribution in [3.63, 3.8) is 0 Å². The maximum Gasteiger partial charge on any atom is 0.110 e. The highest BCUT2D eigenvalue weighted by Crippen LogP contribution is 2.20. The average molecular weight is 273 g/mol. The summed E-state index contributed by atoms with van der Waals surface area (Å²) in [6, 6.07) is 7.08. The zero-order valence-electron chi connectivity index (χ0n) is 11.4. The quantitative estimate of drug-likeness (QED) is 0.899. The fourth-order valence-electron chi connectivity index (χ4n) is 2.39. The molecular formula is C15H19N3S. The van der Waals surface area contributed by atoms with Crippen molar-refractivity contribution in [1.82, 2.24) is 15.6 Å². The molecule has 2 N–H and O–H groups in total. The lowest BCUT2D eigenvalue weighted by Crippen LogP contribution is -2.18. The third kappa shape index (κ3) is 2.86. The molecular weight excluding hydrogens is 254 g/mol. The predicted molar refractivity (Wildman–Crippen MR) is 79.1 cm³/mol. The average Bonchev–Trinajstić information content (AvgIpc) is 3.03. The van der Waals surface area contributed by atoms with Gasteiger partial charge in [-0.2, -0.15) is 0 Å². The topological polar surface area (TPSA) is 37.0 Å². The molecule has 1 aliphatic heterocycles. The highest BCUT2D eigenvalue weighted by atomic mass is 32.1. The van der Waals surface area contributed by atoms with Crippen molar-refractivity contribution in [2.45, 2.75) is 39.5 Å². The number of nitrogens with one attached hydrogen (secondary N) is 2. The van der Waals surface area contributed by atoms with Gasteiger partial charge in [0.15, 0.2) is 0 Å². The number of thiazole rings is 1. The zero-order valence-corrected chi connectivity index (χ0v) is 12.2. The van der Waals surface area contributed by atoms with Crippen molar-refractivity contribution in [3.8, 4) is 0 Å². The van der Waals surface area contributed by atoms with E-state index < -0.39 is 0 Å². The molecule has 19 heavy (non-hydrogen) atoms. The fraction of sp³-hybridized carbons (Fsp3) is 0.400. The van der Waals surface area contributed by atoms with Crippen LogP contribution >= 0.6 is 11.3 Å². The minimum atomic E-state index is 0.310. The van der Waals surface area contributed by atoms with Crippen LogP contribution in [0.4, 0.5) is 0 Å². The molecule has 0 amide bonds. The van der Waals surface area contributed by atoms with E-state index in [-0.39, 0.29) is 0 Å². The highest BCUT2D eigenvalue weighted by Gasteiger charge is 2.12. The summed E-state index contributed by atoms with van der Waals surface area (Å²) in [5.41, 5.74) is 5.34. The summed E-state index contributed by atoms with van der Waals surface area (Å²) in [6.07, 6.45) is 0. The standard InChI is InChI=1S/C15H19N3S/c1-10-9-19-15(18-10)11(2)17-6-12-3-4-13-7-16-8-14(13)5-12/h3-5,9,11,16-17H,6-8H2,1-2H3. The Morgan fingerprint density at radius 2 is 2.21 bits per heavy atom. The first-order valence-corrected chi connectivity index (χ1v) is 7.57. The van der Waals surface area contributed by atoms with Gasteiger partial charge in [0, 0.05) is 30.7 Å². The molecule has 1 aromatic carbocycles. The maximum atomic E-state index is 4.53. The second-order valence-corrected chi connectivity index (χ2v) is 6.03. The Balaban J connectivity index is 1.63. The summed E-state index contributed by atoms with van der Waals surface area (Å²) in [6.45, 7) is 7.13. The van der Waals surface area contributed by atoms with Gasteiger partial charge in [0.25, 0.3) is 0 Å². The van der Waals surface area contributed by atoms with Gasteiger partial charge in [0.05, 0.1) is 6.04 Å². The second-order valence-electron chi connectivity index (χ2n) is 5.14. The van der Waals surface area contributed by atoms with Gasteiger partial charge in [0.2, 0.25) is 0 Å². The molecule has 1 unspecified atom stereocenters. The zero-order chi connectivity index (χ0) is 13.2. The van der Waals surface area contributed by atoms with E-state index in [0.29, 0.717) is 6.04 Å². The monoisotopic (exact) mass is 273 g/mol. The number of fused-ring (bicyclic) bond motifs is 1. The molecule has 1 aromatic heterocycles. The molecule has 0 saturated carbocycles.